The van der Waals surface area contributed by atoms with E-state index in [2.05, 4.69) is 18.2 Å². The number of halogens is 1. The maximum absolute atomic E-state index is 11.1. The minimum Gasteiger partial charge on any atom is -0.259 e. The summed E-state index contributed by atoms with van der Waals surface area (Å²) in [4.78, 5) is 0. The Morgan fingerprint density at radius 2 is 1.80 bits per heavy atom. The SMILES string of the molecule is FCB(P)P. The number of hydrogen-bond acceptors (Lipinski definition) is 0. The lowest BCUT2D eigenvalue weighted by molar-refractivity contribution is 0.596. The van der Waals surface area contributed by atoms with Crippen molar-refractivity contribution in [2.75, 3.05) is 6.57 Å². The van der Waals surface area contributed by atoms with Crippen LogP contribution < -0.4 is 0 Å². The molecule has 2 unspecified atom stereocenters. The molecule has 0 rings (SSSR count). The van der Waals surface area contributed by atoms with Crippen molar-refractivity contribution in [3.63, 3.8) is 0 Å². The van der Waals surface area contributed by atoms with Gasteiger partial charge in [0, 0.05) is 0 Å². The van der Waals surface area contributed by atoms with E-state index in [0.717, 1.165) is 0 Å². The van der Waals surface area contributed by atoms with Crippen LogP contribution in [-0.4, -0.2) is 12.7 Å². The molecule has 0 N–H and O–H groups in total. The molecule has 0 aromatic heterocycles. The predicted octanol–water partition coefficient (Wildman–Crippen LogP) is 0.733. The van der Waals surface area contributed by atoms with Crippen molar-refractivity contribution in [1.82, 2.24) is 0 Å². The Morgan fingerprint density at radius 1 is 1.60 bits per heavy atom. The Labute approximate surface area is 36.3 Å². The first-order valence-corrected chi connectivity index (χ1v) is 2.68. The van der Waals surface area contributed by atoms with E-state index in [0.29, 0.717) is 0 Å². The van der Waals surface area contributed by atoms with Gasteiger partial charge in [-0.25, -0.2) is 0 Å². The number of rotatable bonds is 1. The third-order valence-electron chi connectivity index (χ3n) is 0.178. The highest BCUT2D eigenvalue weighted by molar-refractivity contribution is 7.93. The van der Waals surface area contributed by atoms with Crippen molar-refractivity contribution in [2.45, 2.75) is 0 Å². The first kappa shape index (κ1) is 5.85. The molecule has 0 saturated heterocycles. The molecular weight excluding hydrogens is 104 g/mol. The largest absolute Gasteiger partial charge is 0.259 e. The van der Waals surface area contributed by atoms with Crippen molar-refractivity contribution in [3.8, 4) is 0 Å². The van der Waals surface area contributed by atoms with Gasteiger partial charge in [0.25, 0.3) is 0 Å². The summed E-state index contributed by atoms with van der Waals surface area (Å²) < 4.78 is 11.1. The molecule has 0 aromatic rings. The van der Waals surface area contributed by atoms with Crippen molar-refractivity contribution in [2.24, 2.45) is 0 Å². The van der Waals surface area contributed by atoms with Crippen molar-refractivity contribution in [3.05, 3.63) is 0 Å². The second kappa shape index (κ2) is 3.06. The fourth-order valence-corrected chi connectivity index (χ4v) is 0. The number of hydrogen-bond donors (Lipinski definition) is 0. The topological polar surface area (TPSA) is 0 Å². The quantitative estimate of drug-likeness (QED) is 0.344. The molecule has 2 atom stereocenters. The van der Waals surface area contributed by atoms with E-state index < -0.39 is 0 Å². The van der Waals surface area contributed by atoms with Gasteiger partial charge in [0.15, 0.2) is 0 Å². The zero-order valence-corrected chi connectivity index (χ0v) is 5.13. The van der Waals surface area contributed by atoms with E-state index in [1.165, 1.54) is 0 Å². The lowest BCUT2D eigenvalue weighted by atomic mass is 10.1. The van der Waals surface area contributed by atoms with Crippen molar-refractivity contribution < 1.29 is 4.39 Å². The summed E-state index contributed by atoms with van der Waals surface area (Å²) in [6.45, 7) is -0.269. The molecule has 4 heteroatoms. The molecule has 0 aliphatic heterocycles. The normalized spacial score (nSPS) is 7.80. The Balaban J connectivity index is 2.54. The van der Waals surface area contributed by atoms with Gasteiger partial charge >= 0.3 is 0 Å². The second-order valence-corrected chi connectivity index (χ2v) is 3.30. The second-order valence-electron chi connectivity index (χ2n) is 0.818. The predicted molar refractivity (Wildman–Crippen MR) is 31.1 cm³/mol. The van der Waals surface area contributed by atoms with E-state index in [-0.39, 0.29) is 12.7 Å². The first-order chi connectivity index (χ1) is 2.27. The van der Waals surface area contributed by atoms with Crippen LogP contribution in [0.3, 0.4) is 0 Å². The highest BCUT2D eigenvalue weighted by Gasteiger charge is 1.91. The molecule has 0 nitrogen and oxygen atoms in total. The fraction of sp³-hybridized carbons (Fsp3) is 1.00. The zero-order valence-electron chi connectivity index (χ0n) is 2.82. The lowest BCUT2D eigenvalue weighted by Crippen LogP contribution is -1.90. The summed E-state index contributed by atoms with van der Waals surface area (Å²) in [5.74, 6) is 0. The molecule has 0 spiro atoms. The number of alkyl halides is 1. The summed E-state index contributed by atoms with van der Waals surface area (Å²) in [5, 5.41) is 0. The minimum atomic E-state index is -0.269. The van der Waals surface area contributed by atoms with Gasteiger partial charge in [0.1, 0.15) is 0 Å². The third kappa shape index (κ3) is 4.85. The van der Waals surface area contributed by atoms with Crippen molar-refractivity contribution >= 4 is 24.4 Å². The Morgan fingerprint density at radius 3 is 1.80 bits per heavy atom. The van der Waals surface area contributed by atoms with Gasteiger partial charge in [-0.05, 0) is 0 Å². The van der Waals surface area contributed by atoms with Crippen LogP contribution in [-0.2, 0) is 0 Å². The molecule has 5 heavy (non-hydrogen) atoms. The Kier molecular flexibility index (Phi) is 3.58. The third-order valence-corrected chi connectivity index (χ3v) is 0.535. The zero-order chi connectivity index (χ0) is 4.28. The molecule has 0 heterocycles. The standard InChI is InChI=1S/CH6BFP2/c3-1-2(4)5/h1,4-5H2. The molecule has 0 aliphatic rings. The smallest absolute Gasteiger partial charge is 0.223 e. The molecule has 0 fully saturated rings. The highest BCUT2D eigenvalue weighted by Crippen LogP contribution is 2.01. The summed E-state index contributed by atoms with van der Waals surface area (Å²) in [6.07, 6.45) is 0.0509. The van der Waals surface area contributed by atoms with Crippen LogP contribution in [0.1, 0.15) is 0 Å². The molecule has 0 radical (unpaired) electrons. The maximum Gasteiger partial charge on any atom is 0.223 e. The van der Waals surface area contributed by atoms with Crippen LogP contribution in [0.5, 0.6) is 0 Å². The van der Waals surface area contributed by atoms with Crippen molar-refractivity contribution in [1.29, 1.82) is 0 Å². The minimum absolute atomic E-state index is 0.0509. The molecule has 0 amide bonds. The molecule has 0 aliphatic carbocycles. The van der Waals surface area contributed by atoms with Crippen LogP contribution in [0.4, 0.5) is 4.39 Å². The lowest BCUT2D eigenvalue weighted by Gasteiger charge is -1.81. The Bertz CT molecular complexity index is 23.6. The Hall–Kier alpha value is 0.855. The average molecular weight is 110 g/mol. The van der Waals surface area contributed by atoms with Crippen LogP contribution >= 0.6 is 18.2 Å². The fourth-order valence-electron chi connectivity index (χ4n) is 0. The molecule has 0 saturated carbocycles. The van der Waals surface area contributed by atoms with Gasteiger partial charge < -0.3 is 0 Å². The molecule has 0 bridgehead atoms. The monoisotopic (exact) mass is 110 g/mol. The van der Waals surface area contributed by atoms with Gasteiger partial charge in [-0.2, -0.15) is 18.2 Å². The maximum atomic E-state index is 11.1. The van der Waals surface area contributed by atoms with E-state index in [1.807, 2.05) is 0 Å². The van der Waals surface area contributed by atoms with Crippen LogP contribution in [0.25, 0.3) is 0 Å². The molecule has 0 aromatic carbocycles. The van der Waals surface area contributed by atoms with Gasteiger partial charge in [0.2, 0.25) is 6.15 Å². The first-order valence-electron chi connectivity index (χ1n) is 1.34. The van der Waals surface area contributed by atoms with Crippen LogP contribution in [0.2, 0.25) is 0 Å². The van der Waals surface area contributed by atoms with Gasteiger partial charge in [0.05, 0.1) is 6.57 Å². The summed E-state index contributed by atoms with van der Waals surface area (Å²) >= 11 is 0. The summed E-state index contributed by atoms with van der Waals surface area (Å²) in [6, 6.07) is 0. The molecular formula is CH6BFP2. The van der Waals surface area contributed by atoms with Crippen LogP contribution in [0, 0.1) is 0 Å². The molecule has 30 valence electrons. The van der Waals surface area contributed by atoms with Crippen LogP contribution in [0.15, 0.2) is 0 Å². The average Bonchev–Trinajstić information content (AvgIpc) is 1.38. The van der Waals surface area contributed by atoms with Gasteiger partial charge in [-0.3, -0.25) is 4.39 Å². The van der Waals surface area contributed by atoms with E-state index in [1.54, 1.807) is 0 Å². The van der Waals surface area contributed by atoms with E-state index >= 15 is 0 Å². The van der Waals surface area contributed by atoms with Gasteiger partial charge in [-0.1, -0.05) is 0 Å². The summed E-state index contributed by atoms with van der Waals surface area (Å²) in [7, 11) is 4.64. The summed E-state index contributed by atoms with van der Waals surface area (Å²) in [5.41, 5.74) is 0. The van der Waals surface area contributed by atoms with E-state index in [4.69, 9.17) is 0 Å². The van der Waals surface area contributed by atoms with Gasteiger partial charge in [-0.15, -0.1) is 0 Å². The van der Waals surface area contributed by atoms with E-state index in [9.17, 15) is 4.39 Å². The highest BCUT2D eigenvalue weighted by atomic mass is 31.1.